The van der Waals surface area contributed by atoms with Crippen LogP contribution in [0.4, 0.5) is 0 Å². The number of nitrogens with zero attached hydrogens (tertiary/aromatic N) is 2. The molecule has 3 N–H and O–H groups in total. The number of methoxy groups -OCH3 is 1. The zero-order valence-corrected chi connectivity index (χ0v) is 10.6. The maximum atomic E-state index is 8.63. The highest BCUT2D eigenvalue weighted by atomic mass is 16.5. The van der Waals surface area contributed by atoms with Crippen LogP contribution in [0.2, 0.25) is 0 Å². The van der Waals surface area contributed by atoms with Crippen LogP contribution < -0.4 is 5.73 Å². The van der Waals surface area contributed by atoms with Crippen molar-refractivity contribution >= 4 is 5.84 Å². The Kier molecular flexibility index (Phi) is 3.89. The van der Waals surface area contributed by atoms with E-state index in [-0.39, 0.29) is 0 Å². The summed E-state index contributed by atoms with van der Waals surface area (Å²) >= 11 is 0. The number of oxime groups is 1. The molecule has 5 nitrogen and oxygen atoms in total. The summed E-state index contributed by atoms with van der Waals surface area (Å²) in [6.45, 7) is 3.46. The van der Waals surface area contributed by atoms with Gasteiger partial charge in [-0.15, -0.1) is 0 Å². The molecule has 2 rings (SSSR count). The minimum atomic E-state index is 0.302. The molecule has 1 heterocycles. The van der Waals surface area contributed by atoms with Crippen molar-refractivity contribution in [2.75, 3.05) is 33.4 Å². The summed E-state index contributed by atoms with van der Waals surface area (Å²) in [6, 6.07) is 0. The van der Waals surface area contributed by atoms with E-state index in [0.717, 1.165) is 19.7 Å². The molecule has 1 unspecified atom stereocenters. The second kappa shape index (κ2) is 5.23. The third-order valence-corrected chi connectivity index (χ3v) is 4.36. The molecule has 17 heavy (non-hydrogen) atoms. The Labute approximate surface area is 103 Å². The van der Waals surface area contributed by atoms with Crippen molar-refractivity contribution in [3.63, 3.8) is 0 Å². The summed E-state index contributed by atoms with van der Waals surface area (Å²) in [6.07, 6.45) is 5.26. The second-order valence-electron chi connectivity index (χ2n) is 5.48. The van der Waals surface area contributed by atoms with Crippen LogP contribution in [0.25, 0.3) is 0 Å². The summed E-state index contributed by atoms with van der Waals surface area (Å²) in [4.78, 5) is 2.30. The molecule has 1 spiro atoms. The van der Waals surface area contributed by atoms with Gasteiger partial charge < -0.3 is 15.7 Å². The average Bonchev–Trinajstić information content (AvgIpc) is 2.89. The third-order valence-electron chi connectivity index (χ3n) is 4.36. The minimum absolute atomic E-state index is 0.302. The molecular formula is C12H23N3O2. The summed E-state index contributed by atoms with van der Waals surface area (Å²) in [5.41, 5.74) is 6.01. The number of hydrogen-bond donors (Lipinski definition) is 2. The average molecular weight is 241 g/mol. The standard InChI is InChI=1S/C12H23N3O2/c1-17-8-10-6-15(7-11(13)14-16)9-12(10)4-2-3-5-12/h10,16H,2-9H2,1H3,(H2,13,14). The van der Waals surface area contributed by atoms with Crippen molar-refractivity contribution in [3.8, 4) is 0 Å². The fraction of sp³-hybridized carbons (Fsp3) is 0.917. The van der Waals surface area contributed by atoms with Gasteiger partial charge in [0.1, 0.15) is 0 Å². The summed E-state index contributed by atoms with van der Waals surface area (Å²) < 4.78 is 5.35. The molecule has 5 heteroatoms. The van der Waals surface area contributed by atoms with Gasteiger partial charge in [0.2, 0.25) is 0 Å². The van der Waals surface area contributed by atoms with Crippen molar-refractivity contribution in [3.05, 3.63) is 0 Å². The van der Waals surface area contributed by atoms with Gasteiger partial charge in [-0.3, -0.25) is 4.90 Å². The molecular weight excluding hydrogens is 218 g/mol. The maximum Gasteiger partial charge on any atom is 0.153 e. The molecule has 1 aliphatic carbocycles. The highest BCUT2D eigenvalue weighted by Crippen LogP contribution is 2.48. The largest absolute Gasteiger partial charge is 0.409 e. The van der Waals surface area contributed by atoms with Crippen LogP contribution in [0, 0.1) is 11.3 Å². The van der Waals surface area contributed by atoms with Gasteiger partial charge in [0.05, 0.1) is 13.2 Å². The highest BCUT2D eigenvalue weighted by Gasteiger charge is 2.47. The lowest BCUT2D eigenvalue weighted by Crippen LogP contribution is -2.33. The smallest absolute Gasteiger partial charge is 0.153 e. The SMILES string of the molecule is COCC1CN(C/C(N)=N/O)CC12CCCC2. The van der Waals surface area contributed by atoms with Crippen LogP contribution in [-0.2, 0) is 4.74 Å². The van der Waals surface area contributed by atoms with Crippen molar-refractivity contribution in [2.24, 2.45) is 22.2 Å². The van der Waals surface area contributed by atoms with Crippen molar-refractivity contribution < 1.29 is 9.94 Å². The first-order valence-electron chi connectivity index (χ1n) is 6.38. The molecule has 2 fully saturated rings. The quantitative estimate of drug-likeness (QED) is 0.331. The lowest BCUT2D eigenvalue weighted by Gasteiger charge is -2.29. The van der Waals surface area contributed by atoms with E-state index in [1.54, 1.807) is 7.11 Å². The Bertz CT molecular complexity index is 287. The van der Waals surface area contributed by atoms with Gasteiger partial charge in [-0.2, -0.15) is 0 Å². The van der Waals surface area contributed by atoms with E-state index in [2.05, 4.69) is 10.1 Å². The number of rotatable bonds is 4. The van der Waals surface area contributed by atoms with Crippen LogP contribution in [0.15, 0.2) is 5.16 Å². The maximum absolute atomic E-state index is 8.63. The molecule has 98 valence electrons. The van der Waals surface area contributed by atoms with E-state index < -0.39 is 0 Å². The third kappa shape index (κ3) is 2.55. The molecule has 0 bridgehead atoms. The van der Waals surface area contributed by atoms with Crippen LogP contribution in [0.3, 0.4) is 0 Å². The fourth-order valence-electron chi connectivity index (χ4n) is 3.60. The molecule has 0 aromatic carbocycles. The molecule has 1 saturated carbocycles. The van der Waals surface area contributed by atoms with Crippen molar-refractivity contribution in [2.45, 2.75) is 25.7 Å². The second-order valence-corrected chi connectivity index (χ2v) is 5.48. The van der Waals surface area contributed by atoms with Gasteiger partial charge >= 0.3 is 0 Å². The molecule has 1 atom stereocenters. The number of hydrogen-bond acceptors (Lipinski definition) is 4. The van der Waals surface area contributed by atoms with E-state index in [4.69, 9.17) is 15.7 Å². The number of likely N-dealkylation sites (tertiary alicyclic amines) is 1. The summed E-state index contributed by atoms with van der Waals surface area (Å²) in [7, 11) is 1.77. The Balaban J connectivity index is 2.01. The molecule has 1 aliphatic heterocycles. The number of amidine groups is 1. The number of ether oxygens (including phenoxy) is 1. The zero-order chi connectivity index (χ0) is 12.3. The molecule has 0 aromatic rings. The predicted octanol–water partition coefficient (Wildman–Crippen LogP) is 0.871. The Morgan fingerprint density at radius 1 is 1.53 bits per heavy atom. The Hall–Kier alpha value is -0.810. The number of nitrogens with two attached hydrogens (primary N) is 1. The van der Waals surface area contributed by atoms with Gasteiger partial charge in [-0.05, 0) is 18.3 Å². The molecule has 0 radical (unpaired) electrons. The van der Waals surface area contributed by atoms with Crippen molar-refractivity contribution in [1.82, 2.24) is 4.90 Å². The minimum Gasteiger partial charge on any atom is -0.409 e. The van der Waals surface area contributed by atoms with Crippen LogP contribution in [0.1, 0.15) is 25.7 Å². The molecule has 0 amide bonds. The van der Waals surface area contributed by atoms with Gasteiger partial charge in [0.15, 0.2) is 5.84 Å². The molecule has 2 aliphatic rings. The Morgan fingerprint density at radius 3 is 2.82 bits per heavy atom. The van der Waals surface area contributed by atoms with Gasteiger partial charge in [-0.25, -0.2) is 0 Å². The van der Waals surface area contributed by atoms with Gasteiger partial charge in [0, 0.05) is 26.1 Å². The molecule has 0 aromatic heterocycles. The first-order chi connectivity index (χ1) is 8.20. The summed E-state index contributed by atoms with van der Waals surface area (Å²) in [5, 5.41) is 11.7. The van der Waals surface area contributed by atoms with E-state index >= 15 is 0 Å². The van der Waals surface area contributed by atoms with Crippen molar-refractivity contribution in [1.29, 1.82) is 0 Å². The zero-order valence-electron chi connectivity index (χ0n) is 10.6. The molecule has 1 saturated heterocycles. The fourth-order valence-corrected chi connectivity index (χ4v) is 3.60. The first-order valence-corrected chi connectivity index (χ1v) is 6.38. The normalized spacial score (nSPS) is 29.2. The van der Waals surface area contributed by atoms with Crippen LogP contribution in [0.5, 0.6) is 0 Å². The summed E-state index contributed by atoms with van der Waals surface area (Å²) in [5.74, 6) is 0.901. The monoisotopic (exact) mass is 241 g/mol. The van der Waals surface area contributed by atoms with E-state index in [1.165, 1.54) is 25.7 Å². The topological polar surface area (TPSA) is 71.1 Å². The van der Waals surface area contributed by atoms with Crippen LogP contribution in [-0.4, -0.2) is 49.3 Å². The van der Waals surface area contributed by atoms with Crippen LogP contribution >= 0.6 is 0 Å². The lowest BCUT2D eigenvalue weighted by atomic mass is 9.77. The van der Waals surface area contributed by atoms with E-state index in [9.17, 15) is 0 Å². The highest BCUT2D eigenvalue weighted by molar-refractivity contribution is 5.81. The predicted molar refractivity (Wildman–Crippen MR) is 66.1 cm³/mol. The van der Waals surface area contributed by atoms with E-state index in [1.807, 2.05) is 0 Å². The lowest BCUT2D eigenvalue weighted by molar-refractivity contribution is 0.0968. The van der Waals surface area contributed by atoms with Gasteiger partial charge in [-0.1, -0.05) is 18.0 Å². The van der Waals surface area contributed by atoms with E-state index in [0.29, 0.717) is 23.7 Å². The first kappa shape index (κ1) is 12.6. The van der Waals surface area contributed by atoms with Gasteiger partial charge in [0.25, 0.3) is 0 Å². The Morgan fingerprint density at radius 2 is 2.24 bits per heavy atom.